The smallest absolute Gasteiger partial charge is 0.191 e. The van der Waals surface area contributed by atoms with E-state index >= 15 is 0 Å². The zero-order chi connectivity index (χ0) is 19.8. The first kappa shape index (κ1) is 23.3. The monoisotopic (exact) mass is 513 g/mol. The van der Waals surface area contributed by atoms with Crippen molar-refractivity contribution in [2.24, 2.45) is 4.99 Å². The van der Waals surface area contributed by atoms with Crippen LogP contribution in [0.3, 0.4) is 0 Å². The third kappa shape index (κ3) is 6.53. The molecular weight excluding hydrogens is 484 g/mol. The molecule has 1 aromatic heterocycles. The molecular formula is C21H29FIN5O. The number of hydrogen-bond acceptors (Lipinski definition) is 4. The molecule has 1 fully saturated rings. The summed E-state index contributed by atoms with van der Waals surface area (Å²) in [5, 5.41) is 6.52. The van der Waals surface area contributed by atoms with Gasteiger partial charge in [-0.05, 0) is 55.8 Å². The highest BCUT2D eigenvalue weighted by atomic mass is 127. The minimum absolute atomic E-state index is 0. The molecule has 158 valence electrons. The maximum absolute atomic E-state index is 13.8. The van der Waals surface area contributed by atoms with Crippen LogP contribution in [0.15, 0.2) is 47.6 Å². The first-order valence-corrected chi connectivity index (χ1v) is 9.63. The number of nitrogens with zero attached hydrogens (tertiary/aromatic N) is 3. The van der Waals surface area contributed by atoms with E-state index in [4.69, 9.17) is 4.74 Å². The number of guanidine groups is 1. The Hall–Kier alpha value is -1.94. The molecule has 2 aromatic rings. The maximum Gasteiger partial charge on any atom is 0.191 e. The maximum atomic E-state index is 13.8. The zero-order valence-electron chi connectivity index (χ0n) is 16.9. The second kappa shape index (κ2) is 11.9. The van der Waals surface area contributed by atoms with Crippen LogP contribution in [0.5, 0.6) is 5.75 Å². The standard InChI is InChI=1S/C21H28FN5O.HI/c1-23-21(25-14-19-18(22)6-5-11-24-19)26-15-20(27-12-3-4-13-27)16-7-9-17(28-2)10-8-16;/h5-11,20H,3-4,12-15H2,1-2H3,(H2,23,25,26);1H. The summed E-state index contributed by atoms with van der Waals surface area (Å²) in [6, 6.07) is 11.4. The summed E-state index contributed by atoms with van der Waals surface area (Å²) in [4.78, 5) is 10.8. The van der Waals surface area contributed by atoms with Gasteiger partial charge in [-0.3, -0.25) is 14.9 Å². The summed E-state index contributed by atoms with van der Waals surface area (Å²) in [7, 11) is 3.39. The van der Waals surface area contributed by atoms with Gasteiger partial charge in [0.05, 0.1) is 25.4 Å². The molecule has 1 saturated heterocycles. The Kier molecular flexibility index (Phi) is 9.59. The van der Waals surface area contributed by atoms with Gasteiger partial charge in [0.1, 0.15) is 11.6 Å². The third-order valence-electron chi connectivity index (χ3n) is 5.03. The van der Waals surface area contributed by atoms with Gasteiger partial charge in [-0.15, -0.1) is 24.0 Å². The van der Waals surface area contributed by atoms with Crippen LogP contribution in [0.25, 0.3) is 0 Å². The van der Waals surface area contributed by atoms with Gasteiger partial charge in [0.2, 0.25) is 0 Å². The van der Waals surface area contributed by atoms with Gasteiger partial charge in [-0.2, -0.15) is 0 Å². The molecule has 2 N–H and O–H groups in total. The first-order chi connectivity index (χ1) is 13.7. The van der Waals surface area contributed by atoms with Crippen LogP contribution in [-0.4, -0.2) is 49.6 Å². The highest BCUT2D eigenvalue weighted by Gasteiger charge is 2.23. The molecule has 0 bridgehead atoms. The zero-order valence-corrected chi connectivity index (χ0v) is 19.2. The van der Waals surface area contributed by atoms with Crippen molar-refractivity contribution >= 4 is 29.9 Å². The number of hydrogen-bond donors (Lipinski definition) is 2. The number of likely N-dealkylation sites (tertiary alicyclic amines) is 1. The Balaban J connectivity index is 0.00000300. The van der Waals surface area contributed by atoms with E-state index in [1.807, 2.05) is 12.1 Å². The summed E-state index contributed by atoms with van der Waals surface area (Å²) < 4.78 is 19.0. The molecule has 1 aliphatic rings. The second-order valence-electron chi connectivity index (χ2n) is 6.77. The van der Waals surface area contributed by atoms with E-state index in [-0.39, 0.29) is 42.4 Å². The molecule has 3 rings (SSSR count). The van der Waals surface area contributed by atoms with Crippen LogP contribution in [0, 0.1) is 5.82 Å². The van der Waals surface area contributed by atoms with Gasteiger partial charge in [-0.25, -0.2) is 4.39 Å². The second-order valence-corrected chi connectivity index (χ2v) is 6.77. The normalized spacial score (nSPS) is 15.5. The topological polar surface area (TPSA) is 61.8 Å². The number of methoxy groups -OCH3 is 1. The van der Waals surface area contributed by atoms with Crippen molar-refractivity contribution in [1.29, 1.82) is 0 Å². The molecule has 0 saturated carbocycles. The predicted molar refractivity (Wildman–Crippen MR) is 124 cm³/mol. The minimum atomic E-state index is -0.321. The molecule has 1 aliphatic heterocycles. The van der Waals surface area contributed by atoms with Gasteiger partial charge in [-0.1, -0.05) is 12.1 Å². The summed E-state index contributed by atoms with van der Waals surface area (Å²) in [5.74, 6) is 1.16. The minimum Gasteiger partial charge on any atom is -0.497 e. The molecule has 1 unspecified atom stereocenters. The lowest BCUT2D eigenvalue weighted by atomic mass is 10.1. The van der Waals surface area contributed by atoms with Crippen molar-refractivity contribution in [3.8, 4) is 5.75 Å². The number of rotatable bonds is 7. The predicted octanol–water partition coefficient (Wildman–Crippen LogP) is 3.35. The van der Waals surface area contributed by atoms with E-state index in [0.717, 1.165) is 18.8 Å². The molecule has 6 nitrogen and oxygen atoms in total. The average Bonchev–Trinajstić information content (AvgIpc) is 3.26. The highest BCUT2D eigenvalue weighted by Crippen LogP contribution is 2.26. The molecule has 0 radical (unpaired) electrons. The highest BCUT2D eigenvalue weighted by molar-refractivity contribution is 14.0. The van der Waals surface area contributed by atoms with Crippen molar-refractivity contribution in [1.82, 2.24) is 20.5 Å². The average molecular weight is 513 g/mol. The van der Waals surface area contributed by atoms with Crippen LogP contribution in [0.4, 0.5) is 4.39 Å². The fourth-order valence-corrected chi connectivity index (χ4v) is 3.47. The number of benzene rings is 1. The molecule has 0 aliphatic carbocycles. The molecule has 1 aromatic carbocycles. The number of ether oxygens (including phenoxy) is 1. The molecule has 1 atom stereocenters. The van der Waals surface area contributed by atoms with Gasteiger partial charge < -0.3 is 15.4 Å². The summed E-state index contributed by atoms with van der Waals surface area (Å²) in [6.45, 7) is 3.16. The fraction of sp³-hybridized carbons (Fsp3) is 0.429. The number of aliphatic imine (C=N–C) groups is 1. The molecule has 29 heavy (non-hydrogen) atoms. The molecule has 2 heterocycles. The van der Waals surface area contributed by atoms with Crippen LogP contribution < -0.4 is 15.4 Å². The SMILES string of the molecule is CN=C(NCc1ncccc1F)NCC(c1ccc(OC)cc1)N1CCCC1.I. The molecule has 8 heteroatoms. The largest absolute Gasteiger partial charge is 0.497 e. The van der Waals surface area contributed by atoms with Crippen LogP contribution in [0.1, 0.15) is 30.1 Å². The summed E-state index contributed by atoms with van der Waals surface area (Å²) in [6.07, 6.45) is 4.03. The quantitative estimate of drug-likeness (QED) is 0.338. The van der Waals surface area contributed by atoms with Crippen LogP contribution in [-0.2, 0) is 6.54 Å². The lowest BCUT2D eigenvalue weighted by Gasteiger charge is -2.29. The van der Waals surface area contributed by atoms with Gasteiger partial charge in [0, 0.05) is 19.8 Å². The lowest BCUT2D eigenvalue weighted by Crippen LogP contribution is -2.42. The van der Waals surface area contributed by atoms with Crippen LogP contribution >= 0.6 is 24.0 Å². The molecule has 0 amide bonds. The Morgan fingerprint density at radius 3 is 2.55 bits per heavy atom. The van der Waals surface area contributed by atoms with Crippen molar-refractivity contribution < 1.29 is 9.13 Å². The molecule has 0 spiro atoms. The number of halogens is 2. The van der Waals surface area contributed by atoms with Gasteiger partial charge >= 0.3 is 0 Å². The first-order valence-electron chi connectivity index (χ1n) is 9.63. The van der Waals surface area contributed by atoms with Crippen molar-refractivity contribution in [3.63, 3.8) is 0 Å². The van der Waals surface area contributed by atoms with E-state index in [9.17, 15) is 4.39 Å². The summed E-state index contributed by atoms with van der Waals surface area (Å²) in [5.41, 5.74) is 1.61. The lowest BCUT2D eigenvalue weighted by molar-refractivity contribution is 0.245. The Labute approximate surface area is 189 Å². The van der Waals surface area contributed by atoms with Gasteiger partial charge in [0.25, 0.3) is 0 Å². The summed E-state index contributed by atoms with van der Waals surface area (Å²) >= 11 is 0. The van der Waals surface area contributed by atoms with E-state index < -0.39 is 0 Å². The van der Waals surface area contributed by atoms with Crippen molar-refractivity contribution in [2.75, 3.05) is 33.8 Å². The van der Waals surface area contributed by atoms with E-state index in [1.54, 1.807) is 26.4 Å². The fourth-order valence-electron chi connectivity index (χ4n) is 3.47. The third-order valence-corrected chi connectivity index (χ3v) is 5.03. The Bertz CT molecular complexity index is 781. The Morgan fingerprint density at radius 1 is 1.21 bits per heavy atom. The van der Waals surface area contributed by atoms with Crippen LogP contribution in [0.2, 0.25) is 0 Å². The van der Waals surface area contributed by atoms with E-state index in [1.165, 1.54) is 24.5 Å². The van der Waals surface area contributed by atoms with E-state index in [2.05, 4.69) is 37.6 Å². The van der Waals surface area contributed by atoms with Crippen molar-refractivity contribution in [3.05, 3.63) is 59.7 Å². The van der Waals surface area contributed by atoms with Gasteiger partial charge in [0.15, 0.2) is 5.96 Å². The van der Waals surface area contributed by atoms with Crippen molar-refractivity contribution in [2.45, 2.75) is 25.4 Å². The number of pyridine rings is 1. The Morgan fingerprint density at radius 2 is 1.93 bits per heavy atom. The number of nitrogens with one attached hydrogen (secondary N) is 2. The number of aromatic nitrogens is 1. The van der Waals surface area contributed by atoms with E-state index in [0.29, 0.717) is 18.2 Å².